The highest BCUT2D eigenvalue weighted by atomic mass is 16.8. The maximum atomic E-state index is 14.5. The Bertz CT molecular complexity index is 1980. The van der Waals surface area contributed by atoms with E-state index in [-0.39, 0.29) is 72.3 Å². The van der Waals surface area contributed by atoms with Crippen LogP contribution in [0.3, 0.4) is 0 Å². The molecule has 23 heteroatoms. The summed E-state index contributed by atoms with van der Waals surface area (Å²) in [4.78, 5) is 14.5. The van der Waals surface area contributed by atoms with Crippen molar-refractivity contribution in [2.45, 2.75) is 234 Å². The fourth-order valence-corrected chi connectivity index (χ4v) is 14.8. The lowest BCUT2D eigenvalue weighted by molar-refractivity contribution is -0.387. The third-order valence-electron chi connectivity index (χ3n) is 19.3. The Morgan fingerprint density at radius 3 is 1.89 bits per heavy atom. The molecular weight excluding hydrogens is 981 g/mol. The van der Waals surface area contributed by atoms with E-state index in [4.69, 9.17) is 42.6 Å². The molecular formula is C51H82O23. The second-order valence-corrected chi connectivity index (χ2v) is 23.8. The van der Waals surface area contributed by atoms with Crippen molar-refractivity contribution in [1.29, 1.82) is 0 Å². The molecule has 9 rings (SSSR count). The molecule has 8 fully saturated rings. The van der Waals surface area contributed by atoms with Gasteiger partial charge in [-0.2, -0.15) is 0 Å². The molecule has 0 unspecified atom stereocenters. The van der Waals surface area contributed by atoms with Gasteiger partial charge in [-0.1, -0.05) is 39.3 Å². The number of fused-ring (bicyclic) bond motifs is 7. The number of hydrogen-bond acceptors (Lipinski definition) is 23. The van der Waals surface area contributed by atoms with E-state index >= 15 is 0 Å². The van der Waals surface area contributed by atoms with Crippen LogP contribution >= 0.6 is 0 Å². The summed E-state index contributed by atoms with van der Waals surface area (Å²) in [6, 6.07) is 0. The first-order valence-electron chi connectivity index (χ1n) is 26.7. The summed E-state index contributed by atoms with van der Waals surface area (Å²) >= 11 is 0. The van der Waals surface area contributed by atoms with Gasteiger partial charge in [0, 0.05) is 25.2 Å². The van der Waals surface area contributed by atoms with Crippen LogP contribution in [0.4, 0.5) is 0 Å². The summed E-state index contributed by atoms with van der Waals surface area (Å²) in [7, 11) is 0. The number of carbonyl (C=O) groups excluding carboxylic acids is 1. The molecule has 0 aromatic carbocycles. The minimum Gasteiger partial charge on any atom is -0.394 e. The number of allylic oxidation sites excluding steroid dienone is 1. The number of ether oxygens (including phenoxy) is 9. The van der Waals surface area contributed by atoms with E-state index in [0.29, 0.717) is 12.8 Å². The molecule has 4 aliphatic carbocycles. The zero-order valence-electron chi connectivity index (χ0n) is 42.9. The van der Waals surface area contributed by atoms with Gasteiger partial charge in [0.15, 0.2) is 36.7 Å². The number of hydrogen-bond donors (Lipinski definition) is 13. The maximum Gasteiger partial charge on any atom is 0.187 e. The highest BCUT2D eigenvalue weighted by molar-refractivity contribution is 5.86. The molecule has 5 heterocycles. The van der Waals surface area contributed by atoms with Gasteiger partial charge < -0.3 is 109 Å². The fraction of sp³-hybridized carbons (Fsp3) is 0.941. The summed E-state index contributed by atoms with van der Waals surface area (Å²) in [5, 5.41) is 138. The highest BCUT2D eigenvalue weighted by Gasteiger charge is 2.68. The molecule has 424 valence electrons. The topological polar surface area (TPSA) is 363 Å². The average molecular weight is 1060 g/mol. The van der Waals surface area contributed by atoms with E-state index in [9.17, 15) is 71.2 Å². The van der Waals surface area contributed by atoms with Crippen molar-refractivity contribution in [1.82, 2.24) is 0 Å². The summed E-state index contributed by atoms with van der Waals surface area (Å²) in [6.45, 7) is 10.1. The summed E-state index contributed by atoms with van der Waals surface area (Å²) in [5.41, 5.74) is 0.372. The normalized spacial score (nSPS) is 54.9. The highest BCUT2D eigenvalue weighted by Crippen LogP contribution is 2.70. The summed E-state index contributed by atoms with van der Waals surface area (Å²) in [5.74, 6) is -1.19. The molecule has 5 aliphatic heterocycles. The van der Waals surface area contributed by atoms with Crippen molar-refractivity contribution in [3.05, 3.63) is 11.6 Å². The Morgan fingerprint density at radius 1 is 0.689 bits per heavy atom. The van der Waals surface area contributed by atoms with E-state index in [1.165, 1.54) is 13.8 Å². The molecule has 5 saturated heterocycles. The maximum absolute atomic E-state index is 14.5. The van der Waals surface area contributed by atoms with Crippen molar-refractivity contribution in [2.24, 2.45) is 46.3 Å². The third-order valence-corrected chi connectivity index (χ3v) is 19.3. The first-order valence-corrected chi connectivity index (χ1v) is 26.7. The SMILES string of the molecule is C[C@H](CC[C@@]1(O)O[C@H]2C[C@H]3[C@@H]4CC=C5C[C@@H](O[C@@H]6O[C@H](CO)[C@@H](O[C@@H]7O[C@@H](C)[C@H](O)[C@@H](O)[C@H]7O)[C@H](O)[C@H]6O[C@@H]6O[C@@H](C)[C@H](O)[C@@H](O)[C@H]6O)C(=O)C[C@]5(C)[C@H]4CC[C@]3(C)[C@H]2[C@@H]1C)CO[C@@H]1O[C@H](CO)[C@@H](O)[C@H](O)[C@H]1O. The minimum absolute atomic E-state index is 0.0804. The lowest BCUT2D eigenvalue weighted by atomic mass is 9.46. The van der Waals surface area contributed by atoms with Crippen LogP contribution in [-0.2, 0) is 47.4 Å². The summed E-state index contributed by atoms with van der Waals surface area (Å²) in [6.07, 6.45) is -24.9. The van der Waals surface area contributed by atoms with Crippen LogP contribution in [0.1, 0.15) is 92.9 Å². The van der Waals surface area contributed by atoms with Crippen LogP contribution in [0.5, 0.6) is 0 Å². The van der Waals surface area contributed by atoms with Gasteiger partial charge in [0.25, 0.3) is 0 Å². The smallest absolute Gasteiger partial charge is 0.187 e. The van der Waals surface area contributed by atoms with Crippen LogP contribution in [0.15, 0.2) is 11.6 Å². The van der Waals surface area contributed by atoms with Crippen molar-refractivity contribution in [2.75, 3.05) is 19.8 Å². The first kappa shape index (κ1) is 57.2. The monoisotopic (exact) mass is 1060 g/mol. The molecule has 13 N–H and O–H groups in total. The molecule has 0 aromatic rings. The Hall–Kier alpha value is -1.47. The van der Waals surface area contributed by atoms with E-state index in [1.54, 1.807) is 0 Å². The van der Waals surface area contributed by atoms with E-state index in [0.717, 1.165) is 31.3 Å². The Labute approximate surface area is 430 Å². The van der Waals surface area contributed by atoms with Gasteiger partial charge in [0.05, 0.1) is 38.1 Å². The number of aliphatic hydroxyl groups is 13. The fourth-order valence-electron chi connectivity index (χ4n) is 14.8. The number of carbonyl (C=O) groups is 1. The zero-order valence-corrected chi connectivity index (χ0v) is 42.9. The second kappa shape index (κ2) is 21.9. The molecule has 0 spiro atoms. The predicted molar refractivity (Wildman–Crippen MR) is 249 cm³/mol. The zero-order chi connectivity index (χ0) is 53.7. The quantitative estimate of drug-likeness (QED) is 0.0782. The van der Waals surface area contributed by atoms with Crippen molar-refractivity contribution in [3.63, 3.8) is 0 Å². The van der Waals surface area contributed by atoms with E-state index < -0.39 is 153 Å². The molecule has 74 heavy (non-hydrogen) atoms. The van der Waals surface area contributed by atoms with Crippen LogP contribution in [0.2, 0.25) is 0 Å². The van der Waals surface area contributed by atoms with Crippen molar-refractivity contribution >= 4 is 5.78 Å². The molecule has 0 amide bonds. The first-order chi connectivity index (χ1) is 34.9. The molecule has 0 radical (unpaired) electrons. The van der Waals surface area contributed by atoms with E-state index in [2.05, 4.69) is 26.8 Å². The Kier molecular flexibility index (Phi) is 16.9. The van der Waals surface area contributed by atoms with Gasteiger partial charge >= 0.3 is 0 Å². The largest absolute Gasteiger partial charge is 0.394 e. The number of aliphatic hydroxyl groups excluding tert-OH is 12. The Morgan fingerprint density at radius 2 is 1.27 bits per heavy atom. The molecule has 23 nitrogen and oxygen atoms in total. The molecule has 0 aromatic heterocycles. The number of Topliss-reactive ketones (excluding diaryl/α,β-unsaturated/α-hetero) is 1. The van der Waals surface area contributed by atoms with Crippen LogP contribution in [-0.4, -0.2) is 233 Å². The van der Waals surface area contributed by atoms with Crippen molar-refractivity contribution in [3.8, 4) is 0 Å². The Balaban J connectivity index is 0.861. The lowest BCUT2D eigenvalue weighted by Crippen LogP contribution is -2.66. The van der Waals surface area contributed by atoms with Gasteiger partial charge in [-0.05, 0) is 86.4 Å². The molecule has 0 bridgehead atoms. The van der Waals surface area contributed by atoms with Crippen molar-refractivity contribution < 1.29 is 114 Å². The van der Waals surface area contributed by atoms with Gasteiger partial charge in [-0.3, -0.25) is 4.79 Å². The molecule has 9 aliphatic rings. The number of rotatable bonds is 14. The van der Waals surface area contributed by atoms with Gasteiger partial charge in [0.2, 0.25) is 0 Å². The van der Waals surface area contributed by atoms with Crippen LogP contribution < -0.4 is 0 Å². The predicted octanol–water partition coefficient (Wildman–Crippen LogP) is -2.80. The van der Waals surface area contributed by atoms with E-state index in [1.807, 2.05) is 6.92 Å². The number of ketones is 1. The lowest BCUT2D eigenvalue weighted by Gasteiger charge is -2.58. The van der Waals surface area contributed by atoms with Gasteiger partial charge in [0.1, 0.15) is 91.6 Å². The molecule has 3 saturated carbocycles. The van der Waals surface area contributed by atoms with Gasteiger partial charge in [-0.25, -0.2) is 0 Å². The standard InChI is InChI=1S/C51H82O23/c1-19(18-66-45-39(61)38(60)35(57)30(16-52)70-45)9-12-51(65)20(2)32-29(74-51)14-26-24-8-7-23-13-28(27(54)15-50(23,6)25(24)10-11-49(26,32)5)69-48-44(73-47-41(63)37(59)34(56)22(4)68-47)42(64)43(31(17-53)71-48)72-46-40(62)36(58)33(55)21(3)67-46/h7,19-22,24-26,28-48,52-53,55-65H,8-18H2,1-6H3/t19-,20+,21+,22+,24-,25+,26+,28-,29+,30-,31-,32+,33+,34+,35-,36-,37-,38+,39-,40-,41-,42+,43-,44-,45-,46+,47+,48-,49+,50+,51-/m1/s1. The van der Waals surface area contributed by atoms with Gasteiger partial charge in [-0.15, -0.1) is 0 Å². The summed E-state index contributed by atoms with van der Waals surface area (Å²) < 4.78 is 54.0. The van der Waals surface area contributed by atoms with Crippen LogP contribution in [0.25, 0.3) is 0 Å². The van der Waals surface area contributed by atoms with Crippen LogP contribution in [0, 0.1) is 46.3 Å². The average Bonchev–Trinajstić information content (AvgIpc) is 3.82. The second-order valence-electron chi connectivity index (χ2n) is 23.8. The molecule has 31 atom stereocenters. The minimum atomic E-state index is -1.82. The third kappa shape index (κ3) is 10.0.